The maximum absolute atomic E-state index is 14.6. The Hall–Kier alpha value is -4.92. The number of allylic oxidation sites excluding steroid dienone is 1. The fourth-order valence-electron chi connectivity index (χ4n) is 7.63. The fourth-order valence-corrected chi connectivity index (χ4v) is 9.00. The number of carbonyl (C=O) groups is 4. The Morgan fingerprint density at radius 1 is 0.927 bits per heavy atom. The number of nitrogens with zero attached hydrogens (tertiary/aromatic N) is 3. The van der Waals surface area contributed by atoms with Crippen LogP contribution in [0.2, 0.25) is 0 Å². The summed E-state index contributed by atoms with van der Waals surface area (Å²) in [5.74, 6) is -3.78. The number of rotatable bonds is 7. The molecule has 1 aromatic carbocycles. The molecule has 6 atom stereocenters. The summed E-state index contributed by atoms with van der Waals surface area (Å²) in [5, 5.41) is 5.08. The van der Waals surface area contributed by atoms with Crippen LogP contribution in [0.3, 0.4) is 0 Å². The Morgan fingerprint density at radius 2 is 1.64 bits per heavy atom. The van der Waals surface area contributed by atoms with Gasteiger partial charge in [0, 0.05) is 29.8 Å². The Balaban J connectivity index is 1.22. The third kappa shape index (κ3) is 8.82. The van der Waals surface area contributed by atoms with Gasteiger partial charge < -0.3 is 20.1 Å². The molecule has 0 radical (unpaired) electrons. The minimum Gasteiger partial charge on any atom is -0.473 e. The average Bonchev–Trinajstić information content (AvgIpc) is 4.06. The molecule has 3 saturated carbocycles. The molecule has 0 bridgehead atoms. The number of pyridine rings is 1. The lowest BCUT2D eigenvalue weighted by molar-refractivity contribution is -0.136. The van der Waals surface area contributed by atoms with Crippen molar-refractivity contribution in [3.63, 3.8) is 0 Å². The predicted octanol–water partition coefficient (Wildman–Crippen LogP) is 4.93. The van der Waals surface area contributed by atoms with Crippen molar-refractivity contribution in [2.45, 2.75) is 114 Å². The number of alkyl carbamates (subject to hydrolysis) is 1. The van der Waals surface area contributed by atoms with Gasteiger partial charge in [-0.05, 0) is 96.4 Å². The number of para-hydroxylation sites is 2. The van der Waals surface area contributed by atoms with Gasteiger partial charge >= 0.3 is 6.09 Å². The molecule has 3 aliphatic carbocycles. The molecule has 3 fully saturated rings. The van der Waals surface area contributed by atoms with Crippen LogP contribution in [0.5, 0.6) is 5.88 Å². The lowest BCUT2D eigenvalue weighted by Crippen LogP contribution is -2.54. The fraction of sp³-hybridized carbons (Fsp3) is 0.525. The molecule has 14 nitrogen and oxygen atoms in total. The number of hydrogen-bond donors (Lipinski definition) is 3. The summed E-state index contributed by atoms with van der Waals surface area (Å²) in [6.07, 6.45) is 10.3. The summed E-state index contributed by atoms with van der Waals surface area (Å²) in [5.41, 5.74) is 0.144. The molecule has 0 saturated heterocycles. The second kappa shape index (κ2) is 15.3. The molecule has 3 aromatic rings. The van der Waals surface area contributed by atoms with Crippen molar-refractivity contribution >= 4 is 44.7 Å². The highest BCUT2D eigenvalue weighted by Crippen LogP contribution is 2.47. The summed E-state index contributed by atoms with van der Waals surface area (Å²) in [4.78, 5) is 69.7. The van der Waals surface area contributed by atoms with Gasteiger partial charge in [0.15, 0.2) is 5.78 Å². The molecule has 4 aliphatic rings. The molecule has 292 valence electrons. The van der Waals surface area contributed by atoms with E-state index < -0.39 is 74.2 Å². The van der Waals surface area contributed by atoms with Gasteiger partial charge in [0.1, 0.15) is 22.9 Å². The van der Waals surface area contributed by atoms with Crippen molar-refractivity contribution in [1.29, 1.82) is 0 Å². The van der Waals surface area contributed by atoms with E-state index in [0.717, 1.165) is 12.8 Å². The van der Waals surface area contributed by atoms with Gasteiger partial charge in [-0.3, -0.25) is 24.1 Å². The first-order valence-electron chi connectivity index (χ1n) is 19.1. The zero-order valence-electron chi connectivity index (χ0n) is 31.3. The van der Waals surface area contributed by atoms with Gasteiger partial charge in [0.25, 0.3) is 5.91 Å². The molecule has 15 heteroatoms. The van der Waals surface area contributed by atoms with Crippen molar-refractivity contribution in [1.82, 2.24) is 30.3 Å². The number of ether oxygens (including phenoxy) is 2. The average molecular weight is 773 g/mol. The van der Waals surface area contributed by atoms with E-state index in [4.69, 9.17) is 19.4 Å². The standard InChI is InChI=1S/C40H48N6O8S/c1-39(2,3)54-38(50)44-32-14-8-6-4-5-7-11-25-23-40(25,37(49)46-55(51,52)27-15-16-27)45-35(48)29-22-26(21-28(29)34(32)47)53-36-33(24-17-19-41-20-18-24)42-30-12-9-10-13-31(30)43-36/h7,9-13,17-20,25-29,32H,4-6,8,14-16,21-23H2,1-3H3,(H,44,50)(H,45,48)(H,46,49)/b11-7-/t25?,26-,28?,29+,32+,40+/m0/s1. The predicted molar refractivity (Wildman–Crippen MR) is 203 cm³/mol. The van der Waals surface area contributed by atoms with Crippen molar-refractivity contribution in [2.24, 2.45) is 17.8 Å². The maximum atomic E-state index is 14.6. The van der Waals surface area contributed by atoms with Crippen LogP contribution in [0.15, 0.2) is 60.9 Å². The van der Waals surface area contributed by atoms with Gasteiger partial charge in [-0.25, -0.2) is 23.2 Å². The molecule has 3 heterocycles. The van der Waals surface area contributed by atoms with E-state index in [-0.39, 0.29) is 30.9 Å². The van der Waals surface area contributed by atoms with Crippen LogP contribution in [-0.2, 0) is 29.1 Å². The number of amides is 3. The lowest BCUT2D eigenvalue weighted by Gasteiger charge is -2.27. The van der Waals surface area contributed by atoms with Crippen molar-refractivity contribution < 1.29 is 37.1 Å². The van der Waals surface area contributed by atoms with Crippen LogP contribution in [-0.4, -0.2) is 75.6 Å². The van der Waals surface area contributed by atoms with Gasteiger partial charge in [-0.2, -0.15) is 0 Å². The number of sulfonamides is 1. The van der Waals surface area contributed by atoms with Crippen LogP contribution in [0.1, 0.15) is 85.0 Å². The number of Topliss-reactive ketones (excluding diaryl/α,β-unsaturated/α-hetero) is 1. The van der Waals surface area contributed by atoms with E-state index in [1.54, 1.807) is 45.3 Å². The second-order valence-corrected chi connectivity index (χ2v) is 18.1. The van der Waals surface area contributed by atoms with Crippen molar-refractivity contribution in [3.05, 3.63) is 60.9 Å². The maximum Gasteiger partial charge on any atom is 0.408 e. The highest BCUT2D eigenvalue weighted by molar-refractivity contribution is 7.91. The van der Waals surface area contributed by atoms with E-state index in [2.05, 4.69) is 20.3 Å². The molecular formula is C40H48N6O8S. The van der Waals surface area contributed by atoms with Crippen LogP contribution >= 0.6 is 0 Å². The normalized spacial score (nSPS) is 28.0. The first-order valence-corrected chi connectivity index (χ1v) is 20.7. The zero-order valence-corrected chi connectivity index (χ0v) is 32.1. The Kier molecular flexibility index (Phi) is 10.7. The quantitative estimate of drug-likeness (QED) is 0.276. The third-order valence-electron chi connectivity index (χ3n) is 10.7. The van der Waals surface area contributed by atoms with Crippen molar-refractivity contribution in [2.75, 3.05) is 0 Å². The van der Waals surface area contributed by atoms with Crippen LogP contribution in [0.25, 0.3) is 22.3 Å². The largest absolute Gasteiger partial charge is 0.473 e. The smallest absolute Gasteiger partial charge is 0.408 e. The highest BCUT2D eigenvalue weighted by atomic mass is 32.2. The monoisotopic (exact) mass is 772 g/mol. The summed E-state index contributed by atoms with van der Waals surface area (Å²) in [6, 6.07) is 10.0. The van der Waals surface area contributed by atoms with Crippen LogP contribution in [0.4, 0.5) is 4.79 Å². The number of benzene rings is 1. The van der Waals surface area contributed by atoms with E-state index in [0.29, 0.717) is 54.4 Å². The first kappa shape index (κ1) is 38.4. The zero-order chi connectivity index (χ0) is 39.0. The number of nitrogens with one attached hydrogen (secondary N) is 3. The number of aromatic nitrogens is 3. The van der Waals surface area contributed by atoms with Gasteiger partial charge in [0.2, 0.25) is 21.8 Å². The molecule has 3 N–H and O–H groups in total. The van der Waals surface area contributed by atoms with Crippen LogP contribution < -0.4 is 20.1 Å². The molecule has 3 amide bonds. The molecular weight excluding hydrogens is 725 g/mol. The molecule has 1 aliphatic heterocycles. The summed E-state index contributed by atoms with van der Waals surface area (Å²) in [6.45, 7) is 5.21. The van der Waals surface area contributed by atoms with E-state index in [1.165, 1.54) is 0 Å². The SMILES string of the molecule is CC(C)(C)OC(=O)N[C@@H]1CCCCC/C=C\C2C[C@@]2(C(=O)NS(=O)(=O)C2CC2)NC(=O)[C@@H]2C[C@@H](Oc3nc4ccccc4nc3-c3ccncc3)CC2C1=O. The van der Waals surface area contributed by atoms with E-state index in [1.807, 2.05) is 36.4 Å². The topological polar surface area (TPSA) is 196 Å². The van der Waals surface area contributed by atoms with E-state index in [9.17, 15) is 27.6 Å². The van der Waals surface area contributed by atoms with Crippen LogP contribution in [0, 0.1) is 17.8 Å². The Labute approximate surface area is 320 Å². The number of hydrogen-bond acceptors (Lipinski definition) is 11. The van der Waals surface area contributed by atoms with Crippen molar-refractivity contribution in [3.8, 4) is 17.1 Å². The molecule has 0 spiro atoms. The number of fused-ring (bicyclic) bond motifs is 3. The molecule has 55 heavy (non-hydrogen) atoms. The minimum atomic E-state index is -3.89. The lowest BCUT2D eigenvalue weighted by atomic mass is 9.85. The first-order chi connectivity index (χ1) is 26.2. The minimum absolute atomic E-state index is 0.0876. The molecule has 2 aromatic heterocycles. The third-order valence-corrected chi connectivity index (χ3v) is 12.5. The number of carbonyl (C=O) groups excluding carboxylic acids is 4. The van der Waals surface area contributed by atoms with Gasteiger partial charge in [-0.15, -0.1) is 0 Å². The highest BCUT2D eigenvalue weighted by Gasteiger charge is 2.62. The number of ketones is 1. The Bertz CT molecular complexity index is 2100. The van der Waals surface area contributed by atoms with Gasteiger partial charge in [-0.1, -0.05) is 37.1 Å². The van der Waals surface area contributed by atoms with Gasteiger partial charge in [0.05, 0.1) is 28.2 Å². The van der Waals surface area contributed by atoms with E-state index >= 15 is 0 Å². The second-order valence-electron chi connectivity index (χ2n) is 16.1. The summed E-state index contributed by atoms with van der Waals surface area (Å²) >= 11 is 0. The summed E-state index contributed by atoms with van der Waals surface area (Å²) < 4.78 is 40.1. The summed E-state index contributed by atoms with van der Waals surface area (Å²) in [7, 11) is -3.89. The molecule has 7 rings (SSSR count). The molecule has 2 unspecified atom stereocenters. The Morgan fingerprint density at radius 3 is 2.35 bits per heavy atom.